The van der Waals surface area contributed by atoms with E-state index in [2.05, 4.69) is 16.0 Å². The molecule has 0 spiro atoms. The molecule has 0 heterocycles. The predicted molar refractivity (Wildman–Crippen MR) is 116 cm³/mol. The van der Waals surface area contributed by atoms with Crippen molar-refractivity contribution in [3.8, 4) is 0 Å². The van der Waals surface area contributed by atoms with Crippen molar-refractivity contribution in [1.29, 1.82) is 0 Å². The van der Waals surface area contributed by atoms with E-state index in [0.717, 1.165) is 0 Å². The largest absolute Gasteiger partial charge is 0.382 e. The fraction of sp³-hybridized carbons (Fsp3) is 0.850. The summed E-state index contributed by atoms with van der Waals surface area (Å²) in [5.74, 6) is -0.240. The zero-order chi connectivity index (χ0) is 23.4. The summed E-state index contributed by atoms with van der Waals surface area (Å²) in [6, 6.07) is 0. The maximum atomic E-state index is 11.5. The van der Waals surface area contributed by atoms with Crippen LogP contribution in [0.3, 0.4) is 0 Å². The summed E-state index contributed by atoms with van der Waals surface area (Å²) in [6.07, 6.45) is 1.45. The van der Waals surface area contributed by atoms with Crippen LogP contribution < -0.4 is 16.0 Å². The van der Waals surface area contributed by atoms with Crippen molar-refractivity contribution in [2.45, 2.75) is 19.3 Å². The molecule has 0 aliphatic heterocycles. The van der Waals surface area contributed by atoms with Gasteiger partial charge >= 0.3 is 0 Å². The molecule has 3 N–H and O–H groups in total. The van der Waals surface area contributed by atoms with E-state index in [-0.39, 0.29) is 24.7 Å². The lowest BCUT2D eigenvalue weighted by Crippen LogP contribution is -2.28. The number of carbonyl (C=O) groups is 3. The summed E-state index contributed by atoms with van der Waals surface area (Å²) >= 11 is 0. The van der Waals surface area contributed by atoms with Crippen molar-refractivity contribution in [1.82, 2.24) is 16.0 Å². The first-order valence-corrected chi connectivity index (χ1v) is 10.5. The topological polar surface area (TPSA) is 133 Å². The van der Waals surface area contributed by atoms with Crippen LogP contribution in [0.4, 0.5) is 0 Å². The summed E-state index contributed by atoms with van der Waals surface area (Å²) in [5, 5.41) is 8.14. The molecule has 31 heavy (non-hydrogen) atoms. The molecule has 0 aromatic carbocycles. The summed E-state index contributed by atoms with van der Waals surface area (Å²) < 4.78 is 26.0. The molecule has 184 valence electrons. The van der Waals surface area contributed by atoms with E-state index in [1.54, 1.807) is 7.11 Å². The zero-order valence-electron chi connectivity index (χ0n) is 19.2. The number of carbonyl (C=O) groups excluding carboxylic acids is 3. The van der Waals surface area contributed by atoms with Crippen LogP contribution in [0.2, 0.25) is 0 Å². The molecule has 0 aromatic heterocycles. The van der Waals surface area contributed by atoms with Crippen molar-refractivity contribution in [2.24, 2.45) is 0 Å². The molecule has 0 aliphatic rings. The molecule has 0 aliphatic carbocycles. The maximum absolute atomic E-state index is 11.5. The number of nitrogens with one attached hydrogen (secondary N) is 3. The first-order chi connectivity index (χ1) is 15.1. The monoisotopic (exact) mass is 451 g/mol. The second-order valence-corrected chi connectivity index (χ2v) is 6.10. The van der Waals surface area contributed by atoms with Gasteiger partial charge in [0.25, 0.3) is 0 Å². The SMILES string of the molecule is CNC.COCCOCCNC(=O)CCOCCOCCOCCNC(=O)CCC=O. The van der Waals surface area contributed by atoms with Gasteiger partial charge in [0.2, 0.25) is 11.8 Å². The van der Waals surface area contributed by atoms with Crippen LogP contribution in [0, 0.1) is 0 Å². The highest BCUT2D eigenvalue weighted by Gasteiger charge is 2.01. The van der Waals surface area contributed by atoms with Gasteiger partial charge < -0.3 is 44.4 Å². The second-order valence-electron chi connectivity index (χ2n) is 6.10. The molecule has 0 rings (SSSR count). The third-order valence-electron chi connectivity index (χ3n) is 3.28. The highest BCUT2D eigenvalue weighted by Crippen LogP contribution is 1.86. The van der Waals surface area contributed by atoms with E-state index in [0.29, 0.717) is 85.3 Å². The number of methoxy groups -OCH3 is 1. The van der Waals surface area contributed by atoms with Crippen LogP contribution >= 0.6 is 0 Å². The van der Waals surface area contributed by atoms with Gasteiger partial charge in [0.15, 0.2) is 0 Å². The Balaban J connectivity index is 0. The molecule has 0 saturated carbocycles. The van der Waals surface area contributed by atoms with Crippen LogP contribution in [-0.2, 0) is 38.1 Å². The van der Waals surface area contributed by atoms with Crippen LogP contribution in [0.15, 0.2) is 0 Å². The minimum atomic E-state index is -0.159. The Labute approximate surface area is 185 Å². The highest BCUT2D eigenvalue weighted by atomic mass is 16.5. The third kappa shape index (κ3) is 30.7. The van der Waals surface area contributed by atoms with Gasteiger partial charge in [-0.05, 0) is 14.1 Å². The van der Waals surface area contributed by atoms with Crippen molar-refractivity contribution >= 4 is 18.1 Å². The molecule has 0 fully saturated rings. The normalized spacial score (nSPS) is 10.2. The number of hydrogen-bond acceptors (Lipinski definition) is 9. The zero-order valence-corrected chi connectivity index (χ0v) is 19.2. The van der Waals surface area contributed by atoms with Gasteiger partial charge in [-0.3, -0.25) is 9.59 Å². The Hall–Kier alpha value is -1.63. The fourth-order valence-electron chi connectivity index (χ4n) is 1.84. The van der Waals surface area contributed by atoms with Gasteiger partial charge in [-0.25, -0.2) is 0 Å². The van der Waals surface area contributed by atoms with Gasteiger partial charge in [-0.2, -0.15) is 0 Å². The quantitative estimate of drug-likeness (QED) is 0.150. The fourth-order valence-corrected chi connectivity index (χ4v) is 1.84. The second kappa shape index (κ2) is 28.4. The number of hydrogen-bond donors (Lipinski definition) is 3. The predicted octanol–water partition coefficient (Wildman–Crippen LogP) is -0.864. The number of ether oxygens (including phenoxy) is 5. The average Bonchev–Trinajstić information content (AvgIpc) is 2.76. The van der Waals surface area contributed by atoms with E-state index < -0.39 is 0 Å². The van der Waals surface area contributed by atoms with Crippen molar-refractivity contribution in [2.75, 3.05) is 93.8 Å². The third-order valence-corrected chi connectivity index (χ3v) is 3.28. The smallest absolute Gasteiger partial charge is 0.222 e. The van der Waals surface area contributed by atoms with E-state index in [4.69, 9.17) is 23.7 Å². The molecule has 11 nitrogen and oxygen atoms in total. The van der Waals surface area contributed by atoms with Gasteiger partial charge in [-0.15, -0.1) is 0 Å². The highest BCUT2D eigenvalue weighted by molar-refractivity contribution is 5.78. The van der Waals surface area contributed by atoms with E-state index in [9.17, 15) is 14.4 Å². The Kier molecular flexibility index (Phi) is 28.9. The summed E-state index contributed by atoms with van der Waals surface area (Å²) in [5.41, 5.74) is 0. The van der Waals surface area contributed by atoms with E-state index >= 15 is 0 Å². The average molecular weight is 452 g/mol. The molecule has 0 bridgehead atoms. The molecule has 0 saturated heterocycles. The standard InChI is InChI=1S/C18H34N2O8.C2H7N/c1-24-11-12-26-9-6-20-18(23)4-8-25-13-15-28-16-14-27-10-5-19-17(22)3-2-7-21;1-3-2/h7H,2-6,8-16H2,1H3,(H,19,22)(H,20,23);3H,1-2H3. The Morgan fingerprint density at radius 2 is 1.10 bits per heavy atom. The van der Waals surface area contributed by atoms with Crippen molar-refractivity contribution in [3.63, 3.8) is 0 Å². The molecule has 0 atom stereocenters. The first kappa shape index (κ1) is 31.6. The molecule has 11 heteroatoms. The van der Waals surface area contributed by atoms with Crippen LogP contribution in [-0.4, -0.2) is 112 Å². The Morgan fingerprint density at radius 3 is 1.58 bits per heavy atom. The maximum Gasteiger partial charge on any atom is 0.222 e. The molecule has 0 unspecified atom stereocenters. The van der Waals surface area contributed by atoms with Gasteiger partial charge in [0, 0.05) is 39.5 Å². The molecule has 0 radical (unpaired) electrons. The van der Waals surface area contributed by atoms with Crippen molar-refractivity contribution < 1.29 is 38.1 Å². The summed E-state index contributed by atoms with van der Waals surface area (Å²) in [6.45, 7) is 4.76. The van der Waals surface area contributed by atoms with Gasteiger partial charge in [-0.1, -0.05) is 0 Å². The Morgan fingerprint density at radius 1 is 0.677 bits per heavy atom. The molecular formula is C20H41N3O8. The van der Waals surface area contributed by atoms with Gasteiger partial charge in [0.05, 0.1) is 59.5 Å². The lowest BCUT2D eigenvalue weighted by atomic mass is 10.3. The molecular weight excluding hydrogens is 410 g/mol. The summed E-state index contributed by atoms with van der Waals surface area (Å²) in [4.78, 5) is 32.9. The van der Waals surface area contributed by atoms with Crippen molar-refractivity contribution in [3.05, 3.63) is 0 Å². The van der Waals surface area contributed by atoms with Crippen LogP contribution in [0.5, 0.6) is 0 Å². The Bertz CT molecular complexity index is 414. The first-order valence-electron chi connectivity index (χ1n) is 10.5. The van der Waals surface area contributed by atoms with E-state index in [1.807, 2.05) is 14.1 Å². The molecule has 2 amide bonds. The van der Waals surface area contributed by atoms with Gasteiger partial charge in [0.1, 0.15) is 6.29 Å². The lowest BCUT2D eigenvalue weighted by Gasteiger charge is -2.08. The number of aldehydes is 1. The summed E-state index contributed by atoms with van der Waals surface area (Å²) in [7, 11) is 5.36. The minimum absolute atomic E-state index is 0.0806. The lowest BCUT2D eigenvalue weighted by molar-refractivity contribution is -0.123. The molecule has 0 aromatic rings. The number of rotatable bonds is 21. The minimum Gasteiger partial charge on any atom is -0.382 e. The van der Waals surface area contributed by atoms with Crippen LogP contribution in [0.1, 0.15) is 19.3 Å². The van der Waals surface area contributed by atoms with Crippen LogP contribution in [0.25, 0.3) is 0 Å². The number of amides is 2. The van der Waals surface area contributed by atoms with E-state index in [1.165, 1.54) is 0 Å².